The number of hydrogen-bond acceptors (Lipinski definition) is 7. The van der Waals surface area contributed by atoms with Crippen molar-refractivity contribution >= 4 is 0 Å². The highest BCUT2D eigenvalue weighted by molar-refractivity contribution is 5.45. The molecule has 1 atom stereocenters. The Kier molecular flexibility index (Phi) is 6.79. The molecule has 31 heavy (non-hydrogen) atoms. The van der Waals surface area contributed by atoms with Gasteiger partial charge in [0, 0.05) is 26.2 Å². The fourth-order valence-corrected chi connectivity index (χ4v) is 4.16. The van der Waals surface area contributed by atoms with E-state index in [0.717, 1.165) is 49.7 Å². The van der Waals surface area contributed by atoms with E-state index in [1.54, 1.807) is 14.2 Å². The predicted molar refractivity (Wildman–Crippen MR) is 118 cm³/mol. The van der Waals surface area contributed by atoms with E-state index in [0.29, 0.717) is 18.0 Å². The van der Waals surface area contributed by atoms with E-state index < -0.39 is 0 Å². The van der Waals surface area contributed by atoms with E-state index in [1.165, 1.54) is 0 Å². The average molecular weight is 423 g/mol. The Morgan fingerprint density at radius 2 is 1.68 bits per heavy atom. The molecule has 0 spiro atoms. The summed E-state index contributed by atoms with van der Waals surface area (Å²) in [5.74, 6) is 2.25. The van der Waals surface area contributed by atoms with Crippen molar-refractivity contribution in [2.45, 2.75) is 19.5 Å². The molecule has 4 rings (SSSR count). The third kappa shape index (κ3) is 4.70. The summed E-state index contributed by atoms with van der Waals surface area (Å²) in [6.45, 7) is 7.86. The van der Waals surface area contributed by atoms with Crippen LogP contribution in [0.15, 0.2) is 48.5 Å². The van der Waals surface area contributed by atoms with Gasteiger partial charge < -0.3 is 14.4 Å². The van der Waals surface area contributed by atoms with E-state index in [1.807, 2.05) is 35.0 Å². The van der Waals surface area contributed by atoms with Crippen LogP contribution >= 0.6 is 0 Å². The number of benzene rings is 2. The summed E-state index contributed by atoms with van der Waals surface area (Å²) in [5, 5.41) is 12.8. The molecule has 1 fully saturated rings. The third-order valence-electron chi connectivity index (χ3n) is 5.92. The van der Waals surface area contributed by atoms with Gasteiger partial charge in [-0.25, -0.2) is 4.68 Å². The second kappa shape index (κ2) is 9.89. The van der Waals surface area contributed by atoms with E-state index in [-0.39, 0.29) is 6.04 Å². The number of ether oxygens (including phenoxy) is 2. The summed E-state index contributed by atoms with van der Waals surface area (Å²) in [7, 11) is 3.31. The van der Waals surface area contributed by atoms with Crippen LogP contribution in [0.4, 0.5) is 0 Å². The van der Waals surface area contributed by atoms with Gasteiger partial charge in [-0.05, 0) is 40.2 Å². The SMILES string of the molecule is CCN1CCN(C(c2ccc(OC)c(OC)c2)c2nnnn2Cc2ccccc2)CC1. The molecule has 8 nitrogen and oxygen atoms in total. The van der Waals surface area contributed by atoms with Crippen molar-refractivity contribution in [2.75, 3.05) is 46.9 Å². The maximum Gasteiger partial charge on any atom is 0.173 e. The van der Waals surface area contributed by atoms with E-state index in [4.69, 9.17) is 9.47 Å². The number of hydrogen-bond donors (Lipinski definition) is 0. The molecule has 1 aliphatic heterocycles. The fraction of sp³-hybridized carbons (Fsp3) is 0.435. The lowest BCUT2D eigenvalue weighted by Gasteiger charge is -2.38. The molecule has 1 saturated heterocycles. The van der Waals surface area contributed by atoms with Gasteiger partial charge in [0.05, 0.1) is 26.8 Å². The Morgan fingerprint density at radius 3 is 2.35 bits per heavy atom. The van der Waals surface area contributed by atoms with E-state index in [2.05, 4.69) is 50.4 Å². The van der Waals surface area contributed by atoms with Gasteiger partial charge in [-0.3, -0.25) is 4.90 Å². The fourth-order valence-electron chi connectivity index (χ4n) is 4.16. The summed E-state index contributed by atoms with van der Waals surface area (Å²) < 4.78 is 12.9. The van der Waals surface area contributed by atoms with Gasteiger partial charge in [0.2, 0.25) is 0 Å². The van der Waals surface area contributed by atoms with Crippen molar-refractivity contribution in [3.63, 3.8) is 0 Å². The topological polar surface area (TPSA) is 68.5 Å². The molecule has 8 heteroatoms. The van der Waals surface area contributed by atoms with Crippen molar-refractivity contribution in [1.82, 2.24) is 30.0 Å². The number of rotatable bonds is 8. The summed E-state index contributed by atoms with van der Waals surface area (Å²) >= 11 is 0. The molecular weight excluding hydrogens is 392 g/mol. The zero-order chi connectivity index (χ0) is 21.6. The second-order valence-corrected chi connectivity index (χ2v) is 7.67. The molecule has 0 radical (unpaired) electrons. The average Bonchev–Trinajstić information content (AvgIpc) is 3.27. The number of nitrogens with zero attached hydrogens (tertiary/aromatic N) is 6. The van der Waals surface area contributed by atoms with Gasteiger partial charge in [-0.15, -0.1) is 5.10 Å². The quantitative estimate of drug-likeness (QED) is 0.552. The third-order valence-corrected chi connectivity index (χ3v) is 5.92. The Bertz CT molecular complexity index is 969. The first-order valence-electron chi connectivity index (χ1n) is 10.7. The van der Waals surface area contributed by atoms with Crippen LogP contribution in [-0.2, 0) is 6.54 Å². The lowest BCUT2D eigenvalue weighted by atomic mass is 10.0. The summed E-state index contributed by atoms with van der Waals surface area (Å²) in [6.07, 6.45) is 0. The Hall–Kier alpha value is -2.97. The maximum absolute atomic E-state index is 5.58. The number of piperazine rings is 1. The number of tetrazole rings is 1. The zero-order valence-corrected chi connectivity index (χ0v) is 18.4. The Morgan fingerprint density at radius 1 is 0.935 bits per heavy atom. The highest BCUT2D eigenvalue weighted by Crippen LogP contribution is 2.35. The number of aromatic nitrogens is 4. The number of likely N-dealkylation sites (N-methyl/N-ethyl adjacent to an activating group) is 1. The molecule has 0 bridgehead atoms. The standard InChI is InChI=1S/C23H30N6O2/c1-4-27-12-14-28(15-13-27)22(19-10-11-20(30-2)21(16-19)31-3)23-24-25-26-29(23)17-18-8-6-5-7-9-18/h5-11,16,22H,4,12-15,17H2,1-3H3. The minimum absolute atomic E-state index is 0.0717. The van der Waals surface area contributed by atoms with Crippen molar-refractivity contribution < 1.29 is 9.47 Å². The van der Waals surface area contributed by atoms with Gasteiger partial charge >= 0.3 is 0 Å². The molecule has 0 aliphatic carbocycles. The molecule has 0 amide bonds. The largest absolute Gasteiger partial charge is 0.493 e. The van der Waals surface area contributed by atoms with Gasteiger partial charge in [0.1, 0.15) is 0 Å². The van der Waals surface area contributed by atoms with Crippen LogP contribution in [0.5, 0.6) is 11.5 Å². The van der Waals surface area contributed by atoms with Crippen LogP contribution in [-0.4, -0.2) is 77.0 Å². The van der Waals surface area contributed by atoms with Crippen LogP contribution in [0.2, 0.25) is 0 Å². The van der Waals surface area contributed by atoms with Crippen molar-refractivity contribution in [1.29, 1.82) is 0 Å². The molecule has 1 unspecified atom stereocenters. The Balaban J connectivity index is 1.71. The second-order valence-electron chi connectivity index (χ2n) is 7.67. The van der Waals surface area contributed by atoms with E-state index in [9.17, 15) is 0 Å². The monoisotopic (exact) mass is 422 g/mol. The lowest BCUT2D eigenvalue weighted by Crippen LogP contribution is -2.48. The van der Waals surface area contributed by atoms with Gasteiger partial charge in [0.25, 0.3) is 0 Å². The minimum Gasteiger partial charge on any atom is -0.493 e. The van der Waals surface area contributed by atoms with Crippen molar-refractivity contribution in [2.24, 2.45) is 0 Å². The van der Waals surface area contributed by atoms with Crippen LogP contribution in [0, 0.1) is 0 Å². The molecule has 0 saturated carbocycles. The molecule has 1 aromatic heterocycles. The summed E-state index contributed by atoms with van der Waals surface area (Å²) in [4.78, 5) is 4.93. The summed E-state index contributed by atoms with van der Waals surface area (Å²) in [6, 6.07) is 16.3. The highest BCUT2D eigenvalue weighted by Gasteiger charge is 2.31. The molecule has 164 valence electrons. The summed E-state index contributed by atoms with van der Waals surface area (Å²) in [5.41, 5.74) is 2.25. The van der Waals surface area contributed by atoms with E-state index >= 15 is 0 Å². The number of methoxy groups -OCH3 is 2. The first kappa shape index (κ1) is 21.3. The van der Waals surface area contributed by atoms with Crippen LogP contribution in [0.1, 0.15) is 29.9 Å². The van der Waals surface area contributed by atoms with Gasteiger partial charge in [-0.2, -0.15) is 0 Å². The first-order valence-corrected chi connectivity index (χ1v) is 10.7. The van der Waals surface area contributed by atoms with Crippen LogP contribution < -0.4 is 9.47 Å². The van der Waals surface area contributed by atoms with Crippen LogP contribution in [0.3, 0.4) is 0 Å². The molecule has 2 heterocycles. The predicted octanol–water partition coefficient (Wildman–Crippen LogP) is 2.47. The maximum atomic E-state index is 5.58. The first-order chi connectivity index (χ1) is 15.2. The molecule has 3 aromatic rings. The molecule has 1 aliphatic rings. The lowest BCUT2D eigenvalue weighted by molar-refractivity contribution is 0.108. The normalized spacial score (nSPS) is 16.2. The van der Waals surface area contributed by atoms with Crippen molar-refractivity contribution in [3.8, 4) is 11.5 Å². The molecule has 0 N–H and O–H groups in total. The smallest absolute Gasteiger partial charge is 0.173 e. The Labute approximate surface area is 183 Å². The van der Waals surface area contributed by atoms with Crippen LogP contribution in [0.25, 0.3) is 0 Å². The minimum atomic E-state index is -0.0717. The zero-order valence-electron chi connectivity index (χ0n) is 18.4. The van der Waals surface area contributed by atoms with Gasteiger partial charge in [-0.1, -0.05) is 43.3 Å². The molecule has 2 aromatic carbocycles. The molecular formula is C23H30N6O2. The van der Waals surface area contributed by atoms with Crippen molar-refractivity contribution in [3.05, 3.63) is 65.5 Å². The highest BCUT2D eigenvalue weighted by atomic mass is 16.5. The van der Waals surface area contributed by atoms with Gasteiger partial charge in [0.15, 0.2) is 17.3 Å².